The molecule has 2 N–H and O–H groups in total. The second-order valence-electron chi connectivity index (χ2n) is 11.8. The highest BCUT2D eigenvalue weighted by atomic mass is 32.2. The zero-order valence-corrected chi connectivity index (χ0v) is 30.4. The average molecular weight is 775 g/mol. The molecule has 0 heterocycles. The van der Waals surface area contributed by atoms with E-state index in [4.69, 9.17) is 8.92 Å². The maximum Gasteiger partial charge on any atom is 0.339 e. The number of rotatable bonds is 11. The van der Waals surface area contributed by atoms with E-state index < -0.39 is 46.5 Å². The highest BCUT2D eigenvalue weighted by Gasteiger charge is 2.48. The van der Waals surface area contributed by atoms with Crippen molar-refractivity contribution in [1.82, 2.24) is 0 Å². The van der Waals surface area contributed by atoms with Gasteiger partial charge in [0, 0.05) is 17.5 Å². The predicted molar refractivity (Wildman–Crippen MR) is 194 cm³/mol. The number of fused-ring (bicyclic) bond motifs is 1. The third-order valence-electron chi connectivity index (χ3n) is 8.09. The number of aryl methyl sites for hydroxylation is 2. The van der Waals surface area contributed by atoms with Gasteiger partial charge in [0.1, 0.15) is 27.0 Å². The van der Waals surface area contributed by atoms with Crippen molar-refractivity contribution < 1.29 is 43.3 Å². The monoisotopic (exact) mass is 774 g/mol. The van der Waals surface area contributed by atoms with Crippen LogP contribution in [0.25, 0.3) is 5.70 Å². The molecule has 5 aromatic carbocycles. The van der Waals surface area contributed by atoms with E-state index in [9.17, 15) is 34.4 Å². The van der Waals surface area contributed by atoms with Gasteiger partial charge in [-0.1, -0.05) is 66.2 Å². The van der Waals surface area contributed by atoms with Crippen LogP contribution in [0.1, 0.15) is 28.7 Å². The van der Waals surface area contributed by atoms with Gasteiger partial charge >= 0.3 is 10.1 Å². The first-order valence-corrected chi connectivity index (χ1v) is 19.9. The van der Waals surface area contributed by atoms with Gasteiger partial charge in [-0.25, -0.2) is 0 Å². The van der Waals surface area contributed by atoms with Gasteiger partial charge in [0.25, 0.3) is 20.2 Å². The highest BCUT2D eigenvalue weighted by Crippen LogP contribution is 2.45. The summed E-state index contributed by atoms with van der Waals surface area (Å²) in [6.45, 7) is 3.58. The van der Waals surface area contributed by atoms with E-state index >= 15 is 0 Å². The fourth-order valence-corrected chi connectivity index (χ4v) is 7.78. The quantitative estimate of drug-likeness (QED) is 0.0742. The Morgan fingerprint density at radius 2 is 1.34 bits per heavy atom. The molecule has 0 radical (unpaired) electrons. The first kappa shape index (κ1) is 37.2. The second kappa shape index (κ2) is 14.4. The third kappa shape index (κ3) is 8.08. The predicted octanol–water partition coefficient (Wildman–Crippen LogP) is 8.46. The van der Waals surface area contributed by atoms with Gasteiger partial charge in [-0.05, 0) is 80.1 Å². The first-order chi connectivity index (χ1) is 25.1. The maximum atomic E-state index is 13.0. The van der Waals surface area contributed by atoms with Gasteiger partial charge in [-0.3, -0.25) is 9.11 Å². The van der Waals surface area contributed by atoms with Crippen molar-refractivity contribution in [3.05, 3.63) is 144 Å². The molecule has 0 aromatic heterocycles. The molecule has 0 saturated heterocycles. The summed E-state index contributed by atoms with van der Waals surface area (Å²) in [7, 11) is -13.9. The Morgan fingerprint density at radius 3 is 2.02 bits per heavy atom. The standard InChI is InChI=1S/C36H30N4O10S3/c1-24-11-18-29(19-12-24)52(44,45)50-28-16-13-26(14-17-28)37-39-32-21-22-36(53(46,47)48,31-9-5-4-8-30(31)32)40-38-27-15-20-34(35(23-27)51(41,42)43)49-33-10-6-3-7-25(33)2/h3-21,23H,22H2,1-2H3,(H,41,42,43)(H,46,47,48). The topological polar surface area (TPSA) is 211 Å². The van der Waals surface area contributed by atoms with Crippen molar-refractivity contribution in [3.63, 3.8) is 0 Å². The number of hydrogen-bond acceptors (Lipinski definition) is 12. The van der Waals surface area contributed by atoms with E-state index in [1.807, 2.05) is 6.92 Å². The average Bonchev–Trinajstić information content (AvgIpc) is 3.11. The van der Waals surface area contributed by atoms with E-state index in [0.29, 0.717) is 17.0 Å². The summed E-state index contributed by atoms with van der Waals surface area (Å²) >= 11 is 0. The van der Waals surface area contributed by atoms with Gasteiger partial charge in [0.05, 0.1) is 17.1 Å². The normalized spacial score (nSPS) is 16.3. The number of para-hydroxylation sites is 1. The highest BCUT2D eigenvalue weighted by molar-refractivity contribution is 7.87. The Labute approximate surface area is 305 Å². The van der Waals surface area contributed by atoms with E-state index in [2.05, 4.69) is 20.5 Å². The molecule has 1 aliphatic carbocycles. The summed E-state index contributed by atoms with van der Waals surface area (Å²) in [4.78, 5) is -3.00. The van der Waals surface area contributed by atoms with Crippen LogP contribution in [0.5, 0.6) is 17.2 Å². The molecule has 0 aliphatic heterocycles. The molecule has 0 amide bonds. The molecule has 0 fully saturated rings. The molecule has 0 spiro atoms. The minimum Gasteiger partial charge on any atom is -0.456 e. The first-order valence-electron chi connectivity index (χ1n) is 15.6. The Morgan fingerprint density at radius 1 is 0.679 bits per heavy atom. The van der Waals surface area contributed by atoms with Gasteiger partial charge in [0.15, 0.2) is 0 Å². The number of ether oxygens (including phenoxy) is 1. The van der Waals surface area contributed by atoms with Crippen molar-refractivity contribution in [1.29, 1.82) is 0 Å². The van der Waals surface area contributed by atoms with Crippen molar-refractivity contribution in [3.8, 4) is 17.2 Å². The molecular formula is C36H30N4O10S3. The molecule has 1 aliphatic rings. The van der Waals surface area contributed by atoms with Crippen LogP contribution >= 0.6 is 0 Å². The number of hydrogen-bond donors (Lipinski definition) is 2. The minimum absolute atomic E-state index is 0.000436. The van der Waals surface area contributed by atoms with Crippen LogP contribution in [0.4, 0.5) is 11.4 Å². The number of benzene rings is 5. The molecule has 17 heteroatoms. The van der Waals surface area contributed by atoms with Crippen LogP contribution in [0, 0.1) is 13.8 Å². The van der Waals surface area contributed by atoms with Crippen molar-refractivity contribution in [2.24, 2.45) is 20.5 Å². The zero-order valence-electron chi connectivity index (χ0n) is 27.9. The summed E-state index contributed by atoms with van der Waals surface area (Å²) in [6, 6.07) is 28.4. The molecule has 0 saturated carbocycles. The van der Waals surface area contributed by atoms with E-state index in [0.717, 1.165) is 11.6 Å². The molecule has 1 unspecified atom stereocenters. The summed E-state index contributed by atoms with van der Waals surface area (Å²) in [6.07, 6.45) is 0.955. The molecule has 53 heavy (non-hydrogen) atoms. The third-order valence-corrected chi connectivity index (χ3v) is 11.6. The summed E-state index contributed by atoms with van der Waals surface area (Å²) in [5, 5.41) is 16.5. The Bertz CT molecular complexity index is 2630. The second-order valence-corrected chi connectivity index (χ2v) is 16.4. The van der Waals surface area contributed by atoms with Crippen LogP contribution in [-0.2, 0) is 35.2 Å². The van der Waals surface area contributed by atoms with Gasteiger partial charge in [-0.2, -0.15) is 45.7 Å². The lowest BCUT2D eigenvalue weighted by molar-refractivity contribution is 0.421. The molecule has 14 nitrogen and oxygen atoms in total. The zero-order chi connectivity index (χ0) is 38.0. The van der Waals surface area contributed by atoms with E-state index in [-0.39, 0.29) is 38.9 Å². The Balaban J connectivity index is 1.27. The van der Waals surface area contributed by atoms with Crippen LogP contribution in [0.15, 0.2) is 152 Å². The van der Waals surface area contributed by atoms with Crippen LogP contribution in [0.2, 0.25) is 0 Å². The SMILES string of the molecule is Cc1ccc(S(=O)(=O)Oc2ccc(N=NC3=CCC(N=Nc4ccc(Oc5ccccc5C)c(S(=O)(=O)O)c4)(S(=O)(=O)O)c4ccccc43)cc2)cc1. The maximum absolute atomic E-state index is 13.0. The molecular weight excluding hydrogens is 745 g/mol. The van der Waals surface area contributed by atoms with Crippen molar-refractivity contribution >= 4 is 47.4 Å². The molecule has 6 rings (SSSR count). The fourth-order valence-electron chi connectivity index (χ4n) is 5.32. The summed E-state index contributed by atoms with van der Waals surface area (Å²) < 4.78 is 108. The van der Waals surface area contributed by atoms with E-state index in [1.165, 1.54) is 66.7 Å². The largest absolute Gasteiger partial charge is 0.456 e. The van der Waals surface area contributed by atoms with Gasteiger partial charge in [0.2, 0.25) is 4.87 Å². The molecule has 272 valence electrons. The molecule has 1 atom stereocenters. The van der Waals surface area contributed by atoms with Gasteiger partial charge < -0.3 is 8.92 Å². The lowest BCUT2D eigenvalue weighted by atomic mass is 9.90. The Hall–Kier alpha value is -5.59. The van der Waals surface area contributed by atoms with Crippen molar-refractivity contribution in [2.45, 2.75) is 34.9 Å². The number of nitrogens with zero attached hydrogens (tertiary/aromatic N) is 4. The smallest absolute Gasteiger partial charge is 0.339 e. The van der Waals surface area contributed by atoms with E-state index in [1.54, 1.807) is 55.5 Å². The summed E-state index contributed by atoms with van der Waals surface area (Å²) in [5.41, 5.74) is 2.26. The number of azo groups is 2. The lowest BCUT2D eigenvalue weighted by Gasteiger charge is -2.30. The molecule has 5 aromatic rings. The Kier molecular flexibility index (Phi) is 10.1. The minimum atomic E-state index is -5.03. The molecule has 0 bridgehead atoms. The van der Waals surface area contributed by atoms with Crippen LogP contribution in [-0.4, -0.2) is 34.4 Å². The van der Waals surface area contributed by atoms with Gasteiger partial charge in [-0.15, -0.1) is 0 Å². The fraction of sp³-hybridized carbons (Fsp3) is 0.111. The van der Waals surface area contributed by atoms with Crippen molar-refractivity contribution in [2.75, 3.05) is 0 Å². The van der Waals surface area contributed by atoms with Crippen LogP contribution < -0.4 is 8.92 Å². The van der Waals surface area contributed by atoms with Crippen LogP contribution in [0.3, 0.4) is 0 Å². The lowest BCUT2D eigenvalue weighted by Crippen LogP contribution is -2.35. The summed E-state index contributed by atoms with van der Waals surface area (Å²) in [5.74, 6) is 0.180.